The summed E-state index contributed by atoms with van der Waals surface area (Å²) in [4.78, 5) is 42.4. The van der Waals surface area contributed by atoms with Crippen LogP contribution in [0.25, 0.3) is 5.69 Å². The maximum Gasteiger partial charge on any atom is 0.272 e. The number of aromatic nitrogens is 2. The van der Waals surface area contributed by atoms with Gasteiger partial charge in [-0.1, -0.05) is 11.8 Å². The number of hydrogen-bond acceptors (Lipinski definition) is 8. The molecule has 1 aliphatic heterocycles. The van der Waals surface area contributed by atoms with Crippen LogP contribution in [-0.4, -0.2) is 47.1 Å². The van der Waals surface area contributed by atoms with E-state index in [2.05, 4.69) is 5.32 Å². The first-order valence-corrected chi connectivity index (χ1v) is 12.2. The lowest BCUT2D eigenvalue weighted by atomic mass is 10.2. The van der Waals surface area contributed by atoms with Crippen LogP contribution in [0.3, 0.4) is 0 Å². The molecule has 34 heavy (non-hydrogen) atoms. The van der Waals surface area contributed by atoms with Crippen LogP contribution in [-0.2, 0) is 11.2 Å². The van der Waals surface area contributed by atoms with E-state index >= 15 is 0 Å². The number of ether oxygens (including phenoxy) is 2. The SMILES string of the molecule is COc1ccc(-n2c(SCC(=O)Nc3ccc(C(N)=O)cc3)nc3c(c2=O)SCC3)cc1OC. The monoisotopic (exact) mass is 498 g/mol. The molecule has 0 saturated carbocycles. The summed E-state index contributed by atoms with van der Waals surface area (Å²) >= 11 is 2.65. The van der Waals surface area contributed by atoms with Gasteiger partial charge >= 0.3 is 0 Å². The molecule has 2 aromatic carbocycles. The van der Waals surface area contributed by atoms with E-state index in [1.54, 1.807) is 49.6 Å². The van der Waals surface area contributed by atoms with E-state index in [4.69, 9.17) is 20.2 Å². The predicted octanol–water partition coefficient (Wildman–Crippen LogP) is 2.73. The first-order valence-electron chi connectivity index (χ1n) is 10.2. The maximum absolute atomic E-state index is 13.3. The number of amides is 2. The third-order valence-corrected chi connectivity index (χ3v) is 7.12. The summed E-state index contributed by atoms with van der Waals surface area (Å²) < 4.78 is 12.2. The zero-order valence-electron chi connectivity index (χ0n) is 18.5. The van der Waals surface area contributed by atoms with Crippen molar-refractivity contribution < 1.29 is 19.1 Å². The van der Waals surface area contributed by atoms with E-state index in [0.717, 1.165) is 11.4 Å². The average molecular weight is 499 g/mol. The molecule has 1 aromatic heterocycles. The van der Waals surface area contributed by atoms with Crippen LogP contribution >= 0.6 is 23.5 Å². The number of carbonyl (C=O) groups excluding carboxylic acids is 2. The molecule has 1 aliphatic rings. The zero-order chi connectivity index (χ0) is 24.2. The van der Waals surface area contributed by atoms with Crippen molar-refractivity contribution in [3.05, 3.63) is 64.1 Å². The molecule has 0 aliphatic carbocycles. The number of nitrogens with one attached hydrogen (secondary N) is 1. The summed E-state index contributed by atoms with van der Waals surface area (Å²) in [7, 11) is 3.07. The molecule has 0 saturated heterocycles. The molecule has 0 atom stereocenters. The third kappa shape index (κ3) is 4.90. The topological polar surface area (TPSA) is 126 Å². The number of rotatable bonds is 8. The number of anilines is 1. The number of fused-ring (bicyclic) bond motifs is 1. The van der Waals surface area contributed by atoms with Crippen molar-refractivity contribution in [2.75, 3.05) is 31.0 Å². The summed E-state index contributed by atoms with van der Waals surface area (Å²) in [6.07, 6.45) is 0.702. The lowest BCUT2D eigenvalue weighted by Gasteiger charge is -2.15. The first kappa shape index (κ1) is 23.7. The Morgan fingerprint density at radius 3 is 2.56 bits per heavy atom. The van der Waals surface area contributed by atoms with E-state index in [1.165, 1.54) is 35.2 Å². The van der Waals surface area contributed by atoms with Crippen molar-refractivity contribution >= 4 is 41.0 Å². The molecule has 3 aromatic rings. The molecule has 176 valence electrons. The normalized spacial score (nSPS) is 12.2. The Labute approximate surface area is 204 Å². The van der Waals surface area contributed by atoms with Crippen molar-refractivity contribution in [1.29, 1.82) is 0 Å². The van der Waals surface area contributed by atoms with Gasteiger partial charge in [0, 0.05) is 29.5 Å². The summed E-state index contributed by atoms with van der Waals surface area (Å²) in [5, 5.41) is 3.18. The minimum absolute atomic E-state index is 0.0310. The van der Waals surface area contributed by atoms with Gasteiger partial charge in [-0.05, 0) is 36.4 Å². The van der Waals surface area contributed by atoms with Crippen LogP contribution in [0.5, 0.6) is 11.5 Å². The summed E-state index contributed by atoms with van der Waals surface area (Å²) in [6, 6.07) is 11.5. The van der Waals surface area contributed by atoms with Gasteiger partial charge in [0.05, 0.1) is 36.2 Å². The van der Waals surface area contributed by atoms with Gasteiger partial charge in [-0.25, -0.2) is 4.98 Å². The van der Waals surface area contributed by atoms with Crippen LogP contribution in [0.15, 0.2) is 57.3 Å². The highest BCUT2D eigenvalue weighted by Crippen LogP contribution is 2.33. The Kier molecular flexibility index (Phi) is 7.13. The van der Waals surface area contributed by atoms with E-state index in [0.29, 0.717) is 44.9 Å². The Balaban J connectivity index is 1.60. The van der Waals surface area contributed by atoms with Crippen molar-refractivity contribution in [2.24, 2.45) is 5.73 Å². The second-order valence-electron chi connectivity index (χ2n) is 7.23. The van der Waals surface area contributed by atoms with Crippen molar-refractivity contribution in [1.82, 2.24) is 9.55 Å². The summed E-state index contributed by atoms with van der Waals surface area (Å²) in [6.45, 7) is 0. The molecule has 0 radical (unpaired) electrons. The number of nitrogens with zero attached hydrogens (tertiary/aromatic N) is 2. The van der Waals surface area contributed by atoms with Crippen LogP contribution < -0.4 is 26.1 Å². The maximum atomic E-state index is 13.3. The summed E-state index contributed by atoms with van der Waals surface area (Å²) in [5.74, 6) is 1.02. The molecule has 0 unspecified atom stereocenters. The van der Waals surface area contributed by atoms with Crippen LogP contribution in [0, 0.1) is 0 Å². The average Bonchev–Trinajstić information content (AvgIpc) is 3.32. The number of aryl methyl sites for hydroxylation is 1. The molecule has 9 nitrogen and oxygen atoms in total. The number of nitrogens with two attached hydrogens (primary N) is 1. The molecule has 11 heteroatoms. The van der Waals surface area contributed by atoms with Crippen LogP contribution in [0.1, 0.15) is 16.1 Å². The molecule has 3 N–H and O–H groups in total. The highest BCUT2D eigenvalue weighted by atomic mass is 32.2. The Morgan fingerprint density at radius 1 is 1.15 bits per heavy atom. The van der Waals surface area contributed by atoms with Crippen LogP contribution in [0.2, 0.25) is 0 Å². The molecular formula is C23H22N4O5S2. The first-order chi connectivity index (χ1) is 16.4. The highest BCUT2D eigenvalue weighted by molar-refractivity contribution is 8.00. The second kappa shape index (κ2) is 10.2. The van der Waals surface area contributed by atoms with E-state index in [-0.39, 0.29) is 17.2 Å². The Hall–Kier alpha value is -3.44. The molecule has 2 heterocycles. The number of methoxy groups -OCH3 is 2. The van der Waals surface area contributed by atoms with E-state index in [9.17, 15) is 14.4 Å². The molecule has 2 amide bonds. The minimum Gasteiger partial charge on any atom is -0.493 e. The van der Waals surface area contributed by atoms with Gasteiger partial charge in [-0.2, -0.15) is 0 Å². The van der Waals surface area contributed by atoms with E-state index < -0.39 is 5.91 Å². The number of benzene rings is 2. The molecule has 4 rings (SSSR count). The lowest BCUT2D eigenvalue weighted by Crippen LogP contribution is -2.24. The third-order valence-electron chi connectivity index (χ3n) is 5.08. The van der Waals surface area contributed by atoms with Crippen LogP contribution in [0.4, 0.5) is 5.69 Å². The molecular weight excluding hydrogens is 476 g/mol. The largest absolute Gasteiger partial charge is 0.493 e. The van der Waals surface area contributed by atoms with Gasteiger partial charge in [-0.15, -0.1) is 11.8 Å². The molecule has 0 spiro atoms. The number of primary amides is 1. The van der Waals surface area contributed by atoms with Gasteiger partial charge in [0.1, 0.15) is 0 Å². The molecule has 0 fully saturated rings. The van der Waals surface area contributed by atoms with Gasteiger partial charge < -0.3 is 20.5 Å². The fraction of sp³-hybridized carbons (Fsp3) is 0.217. The standard InChI is InChI=1S/C23H22N4O5S2/c1-31-17-8-7-15(11-18(17)32-2)27-22(30)20-16(9-10-33-20)26-23(27)34-12-19(28)25-14-5-3-13(4-6-14)21(24)29/h3-8,11H,9-10,12H2,1-2H3,(H2,24,29)(H,25,28). The smallest absolute Gasteiger partial charge is 0.272 e. The zero-order valence-corrected chi connectivity index (χ0v) is 20.1. The van der Waals surface area contributed by atoms with E-state index in [1.807, 2.05) is 0 Å². The van der Waals surface area contributed by atoms with Gasteiger partial charge in [0.25, 0.3) is 5.56 Å². The van der Waals surface area contributed by atoms with Crippen molar-refractivity contribution in [3.63, 3.8) is 0 Å². The number of carbonyl (C=O) groups is 2. The number of thioether (sulfide) groups is 2. The predicted molar refractivity (Wildman–Crippen MR) is 132 cm³/mol. The van der Waals surface area contributed by atoms with Crippen molar-refractivity contribution in [2.45, 2.75) is 16.5 Å². The molecule has 0 bridgehead atoms. The van der Waals surface area contributed by atoms with Gasteiger partial charge in [0.15, 0.2) is 16.7 Å². The number of hydrogen-bond donors (Lipinski definition) is 2. The lowest BCUT2D eigenvalue weighted by molar-refractivity contribution is -0.113. The summed E-state index contributed by atoms with van der Waals surface area (Å²) in [5.41, 5.74) is 7.27. The quantitative estimate of drug-likeness (QED) is 0.359. The Bertz CT molecular complexity index is 1310. The fourth-order valence-electron chi connectivity index (χ4n) is 3.43. The Morgan fingerprint density at radius 2 is 1.88 bits per heavy atom. The van der Waals surface area contributed by atoms with Crippen molar-refractivity contribution in [3.8, 4) is 17.2 Å². The second-order valence-corrected chi connectivity index (χ2v) is 9.27. The highest BCUT2D eigenvalue weighted by Gasteiger charge is 2.23. The van der Waals surface area contributed by atoms with Gasteiger partial charge in [0.2, 0.25) is 11.8 Å². The minimum atomic E-state index is -0.539. The van der Waals surface area contributed by atoms with Gasteiger partial charge in [-0.3, -0.25) is 19.0 Å². The fourth-order valence-corrected chi connectivity index (χ4v) is 5.28.